The lowest BCUT2D eigenvalue weighted by Gasteiger charge is -2.35. The molecule has 33 heavy (non-hydrogen) atoms. The molecule has 0 spiro atoms. The van der Waals surface area contributed by atoms with Gasteiger partial charge in [0.05, 0.1) is 11.2 Å². The minimum absolute atomic E-state index is 0.0218. The van der Waals surface area contributed by atoms with Crippen LogP contribution in [0.3, 0.4) is 0 Å². The number of sulfone groups is 1. The van der Waals surface area contributed by atoms with Crippen LogP contribution >= 0.6 is 11.8 Å². The van der Waals surface area contributed by atoms with Crippen LogP contribution in [0, 0.1) is 25.5 Å². The van der Waals surface area contributed by atoms with Crippen LogP contribution in [0.4, 0.5) is 8.78 Å². The van der Waals surface area contributed by atoms with Crippen LogP contribution in [-0.4, -0.2) is 35.0 Å². The van der Waals surface area contributed by atoms with Gasteiger partial charge in [-0.2, -0.15) is 0 Å². The van der Waals surface area contributed by atoms with Crippen molar-refractivity contribution < 1.29 is 21.7 Å². The molecule has 2 aromatic heterocycles. The molecule has 1 aliphatic rings. The van der Waals surface area contributed by atoms with E-state index < -0.39 is 27.0 Å². The van der Waals surface area contributed by atoms with Crippen LogP contribution in [0.15, 0.2) is 39.2 Å². The predicted molar refractivity (Wildman–Crippen MR) is 120 cm³/mol. The molecule has 174 valence electrons. The maximum absolute atomic E-state index is 15.1. The van der Waals surface area contributed by atoms with Crippen molar-refractivity contribution in [2.75, 3.05) is 6.26 Å². The first-order valence-electron chi connectivity index (χ1n) is 9.86. The summed E-state index contributed by atoms with van der Waals surface area (Å²) in [6.07, 6.45) is 3.71. The molecule has 2 unspecified atom stereocenters. The standard InChI is InChI=1S/C21H21F2N5O3S2/c1-10-18(11(2)31-28-10)17-7-21(3,27-19(24)32-17)14-5-13(15(22)6-16(14)23)12-8-25-20(26-9-12)33(4,29)30/h5-6,8-9,17H,7H2,1-4H3,(H2,24,27). The van der Waals surface area contributed by atoms with Gasteiger partial charge in [-0.15, -0.1) is 0 Å². The molecule has 2 N–H and O–H groups in total. The van der Waals surface area contributed by atoms with Gasteiger partial charge in [-0.3, -0.25) is 4.99 Å². The van der Waals surface area contributed by atoms with Crippen LogP contribution in [0.1, 0.15) is 41.2 Å². The summed E-state index contributed by atoms with van der Waals surface area (Å²) < 4.78 is 58.3. The van der Waals surface area contributed by atoms with E-state index in [4.69, 9.17) is 10.3 Å². The Morgan fingerprint density at radius 3 is 2.42 bits per heavy atom. The topological polar surface area (TPSA) is 124 Å². The summed E-state index contributed by atoms with van der Waals surface area (Å²) in [5.74, 6) is -0.959. The number of hydrogen-bond acceptors (Lipinski definition) is 9. The number of hydrogen-bond donors (Lipinski definition) is 1. The normalized spacial score (nSPS) is 21.2. The van der Waals surface area contributed by atoms with E-state index in [9.17, 15) is 12.8 Å². The van der Waals surface area contributed by atoms with Crippen LogP contribution in [0.2, 0.25) is 0 Å². The Morgan fingerprint density at radius 2 is 1.85 bits per heavy atom. The molecule has 0 saturated carbocycles. The first-order chi connectivity index (χ1) is 15.4. The second-order valence-electron chi connectivity index (χ2n) is 8.11. The molecular weight excluding hydrogens is 472 g/mol. The average Bonchev–Trinajstić information content (AvgIpc) is 3.05. The molecule has 2 atom stereocenters. The van der Waals surface area contributed by atoms with E-state index >= 15 is 4.39 Å². The Kier molecular flexibility index (Phi) is 5.77. The van der Waals surface area contributed by atoms with E-state index in [2.05, 4.69) is 20.1 Å². The molecule has 0 fully saturated rings. The van der Waals surface area contributed by atoms with Crippen LogP contribution in [0.25, 0.3) is 11.1 Å². The van der Waals surface area contributed by atoms with Gasteiger partial charge in [0.1, 0.15) is 17.4 Å². The summed E-state index contributed by atoms with van der Waals surface area (Å²) in [5.41, 5.74) is 6.97. The highest BCUT2D eigenvalue weighted by Crippen LogP contribution is 2.49. The lowest BCUT2D eigenvalue weighted by atomic mass is 9.84. The highest BCUT2D eigenvalue weighted by atomic mass is 32.2. The van der Waals surface area contributed by atoms with Gasteiger partial charge in [-0.25, -0.2) is 27.2 Å². The Hall–Kier alpha value is -2.86. The smallest absolute Gasteiger partial charge is 0.246 e. The van der Waals surface area contributed by atoms with Crippen molar-refractivity contribution >= 4 is 26.8 Å². The fourth-order valence-corrected chi connectivity index (χ4v) is 5.87. The van der Waals surface area contributed by atoms with Crippen LogP contribution in [-0.2, 0) is 15.4 Å². The fourth-order valence-electron chi connectivity index (χ4n) is 3.97. The van der Waals surface area contributed by atoms with Crippen molar-refractivity contribution in [3.8, 4) is 11.1 Å². The fraction of sp³-hybridized carbons (Fsp3) is 0.333. The van der Waals surface area contributed by atoms with Crippen molar-refractivity contribution in [2.24, 2.45) is 10.7 Å². The van der Waals surface area contributed by atoms with Gasteiger partial charge < -0.3 is 10.3 Å². The highest BCUT2D eigenvalue weighted by molar-refractivity contribution is 8.14. The molecule has 1 aromatic carbocycles. The Labute approximate surface area is 193 Å². The summed E-state index contributed by atoms with van der Waals surface area (Å²) >= 11 is 1.34. The lowest BCUT2D eigenvalue weighted by molar-refractivity contribution is 0.389. The number of aryl methyl sites for hydroxylation is 2. The van der Waals surface area contributed by atoms with Gasteiger partial charge in [0.25, 0.3) is 0 Å². The van der Waals surface area contributed by atoms with Crippen molar-refractivity contribution in [3.63, 3.8) is 0 Å². The second kappa shape index (κ2) is 8.17. The first kappa shape index (κ1) is 23.3. The molecular formula is C21H21F2N5O3S2. The third-order valence-corrected chi connectivity index (χ3v) is 7.41. The summed E-state index contributed by atoms with van der Waals surface area (Å²) in [6.45, 7) is 5.35. The molecule has 0 radical (unpaired) electrons. The first-order valence-corrected chi connectivity index (χ1v) is 12.6. The summed E-state index contributed by atoms with van der Waals surface area (Å²) in [4.78, 5) is 12.1. The SMILES string of the molecule is Cc1noc(C)c1C1CC(C)(c2cc(-c3cnc(S(C)(=O)=O)nc3)c(F)cc2F)N=C(N)S1. The lowest BCUT2D eigenvalue weighted by Crippen LogP contribution is -2.31. The number of halogens is 2. The maximum Gasteiger partial charge on any atom is 0.246 e. The largest absolute Gasteiger partial charge is 0.378 e. The zero-order chi connectivity index (χ0) is 24.1. The van der Waals surface area contributed by atoms with E-state index in [0.29, 0.717) is 17.9 Å². The summed E-state index contributed by atoms with van der Waals surface area (Å²) in [5, 5.41) is 3.68. The number of thioether (sulfide) groups is 1. The Bertz CT molecular complexity index is 1350. The zero-order valence-corrected chi connectivity index (χ0v) is 19.9. The average molecular weight is 494 g/mol. The van der Waals surface area contributed by atoms with E-state index in [1.807, 2.05) is 6.92 Å². The van der Waals surface area contributed by atoms with E-state index in [0.717, 1.165) is 17.9 Å². The van der Waals surface area contributed by atoms with Gasteiger partial charge in [0.15, 0.2) is 5.17 Å². The molecule has 0 bridgehead atoms. The molecule has 12 heteroatoms. The van der Waals surface area contributed by atoms with E-state index in [1.165, 1.54) is 30.2 Å². The van der Waals surface area contributed by atoms with Gasteiger partial charge in [0.2, 0.25) is 15.0 Å². The van der Waals surface area contributed by atoms with Gasteiger partial charge in [-0.1, -0.05) is 16.9 Å². The zero-order valence-electron chi connectivity index (χ0n) is 18.3. The van der Waals surface area contributed by atoms with E-state index in [-0.39, 0.29) is 32.3 Å². The molecule has 0 aliphatic carbocycles. The highest BCUT2D eigenvalue weighted by Gasteiger charge is 2.39. The minimum Gasteiger partial charge on any atom is -0.378 e. The third kappa shape index (κ3) is 4.36. The van der Waals surface area contributed by atoms with Crippen LogP contribution < -0.4 is 5.73 Å². The maximum atomic E-state index is 15.1. The predicted octanol–water partition coefficient (Wildman–Crippen LogP) is 3.84. The number of rotatable bonds is 4. The quantitative estimate of drug-likeness (QED) is 0.544. The molecule has 3 heterocycles. The number of nitrogens with zero attached hydrogens (tertiary/aromatic N) is 4. The molecule has 3 aromatic rings. The molecule has 4 rings (SSSR count). The Morgan fingerprint density at radius 1 is 1.18 bits per heavy atom. The van der Waals surface area contributed by atoms with Crippen molar-refractivity contribution in [1.82, 2.24) is 15.1 Å². The van der Waals surface area contributed by atoms with E-state index in [1.54, 1.807) is 13.8 Å². The second-order valence-corrected chi connectivity index (χ2v) is 11.2. The number of nitrogens with two attached hydrogens (primary N) is 1. The monoisotopic (exact) mass is 493 g/mol. The Balaban J connectivity index is 1.79. The molecule has 8 nitrogen and oxygen atoms in total. The molecule has 0 amide bonds. The molecule has 1 aliphatic heterocycles. The van der Waals surface area contributed by atoms with Gasteiger partial charge in [0, 0.05) is 52.2 Å². The van der Waals surface area contributed by atoms with Crippen molar-refractivity contribution in [3.05, 3.63) is 58.7 Å². The summed E-state index contributed by atoms with van der Waals surface area (Å²) in [6, 6.07) is 2.12. The number of amidine groups is 1. The van der Waals surface area contributed by atoms with Crippen molar-refractivity contribution in [1.29, 1.82) is 0 Å². The van der Waals surface area contributed by atoms with Crippen molar-refractivity contribution in [2.45, 2.75) is 43.1 Å². The molecule has 0 saturated heterocycles. The van der Waals surface area contributed by atoms with Gasteiger partial charge in [-0.05, 0) is 33.3 Å². The number of aliphatic imine (C=N–C) groups is 1. The number of benzene rings is 1. The number of aromatic nitrogens is 3. The minimum atomic E-state index is -3.62. The van der Waals surface area contributed by atoms with Crippen LogP contribution in [0.5, 0.6) is 0 Å². The van der Waals surface area contributed by atoms with Gasteiger partial charge >= 0.3 is 0 Å². The third-order valence-electron chi connectivity index (χ3n) is 5.52. The summed E-state index contributed by atoms with van der Waals surface area (Å²) in [7, 11) is -3.62.